The number of nitrogens with zero attached hydrogens (tertiary/aromatic N) is 1. The van der Waals surface area contributed by atoms with E-state index in [-0.39, 0.29) is 23.4 Å². The largest absolute Gasteiger partial charge is 0.495 e. The van der Waals surface area contributed by atoms with Gasteiger partial charge in [-0.2, -0.15) is 0 Å². The molecule has 0 saturated heterocycles. The SMILES string of the molecule is COc1ccc(C)cc1N(CC(=O)N[C@H]1C[C@H]2CC[C@H]1C2)S(=O)(=O)c1ccc(C)cc1. The summed E-state index contributed by atoms with van der Waals surface area (Å²) in [6, 6.07) is 12.2. The molecule has 0 spiro atoms. The van der Waals surface area contributed by atoms with Crippen LogP contribution in [0.4, 0.5) is 5.69 Å². The van der Waals surface area contributed by atoms with E-state index in [4.69, 9.17) is 4.74 Å². The van der Waals surface area contributed by atoms with Crippen LogP contribution in [0.25, 0.3) is 0 Å². The van der Waals surface area contributed by atoms with E-state index >= 15 is 0 Å². The number of aryl methyl sites for hydroxylation is 2. The Kier molecular flexibility index (Phi) is 5.97. The molecule has 2 bridgehead atoms. The predicted molar refractivity (Wildman–Crippen MR) is 121 cm³/mol. The number of fused-ring (bicyclic) bond motifs is 2. The number of anilines is 1. The third kappa shape index (κ3) is 4.42. The van der Waals surface area contributed by atoms with Crippen molar-refractivity contribution in [1.82, 2.24) is 5.32 Å². The van der Waals surface area contributed by atoms with Gasteiger partial charge in [0.15, 0.2) is 0 Å². The molecule has 4 rings (SSSR count). The summed E-state index contributed by atoms with van der Waals surface area (Å²) in [5.41, 5.74) is 2.22. The summed E-state index contributed by atoms with van der Waals surface area (Å²) in [7, 11) is -2.47. The lowest BCUT2D eigenvalue weighted by Gasteiger charge is -2.28. The number of amides is 1. The van der Waals surface area contributed by atoms with Crippen LogP contribution in [0.5, 0.6) is 5.75 Å². The summed E-state index contributed by atoms with van der Waals surface area (Å²) in [4.78, 5) is 13.2. The van der Waals surface area contributed by atoms with Crippen molar-refractivity contribution in [2.45, 2.75) is 50.5 Å². The van der Waals surface area contributed by atoms with Crippen LogP contribution in [0.3, 0.4) is 0 Å². The second kappa shape index (κ2) is 8.54. The molecule has 2 aromatic carbocycles. The molecular weight excluding hydrogens is 412 g/mol. The molecule has 2 aliphatic carbocycles. The van der Waals surface area contributed by atoms with Crippen LogP contribution < -0.4 is 14.4 Å². The number of carbonyl (C=O) groups is 1. The van der Waals surface area contributed by atoms with Gasteiger partial charge >= 0.3 is 0 Å². The summed E-state index contributed by atoms with van der Waals surface area (Å²) in [5.74, 6) is 1.34. The highest BCUT2D eigenvalue weighted by Gasteiger charge is 2.40. The maximum absolute atomic E-state index is 13.6. The van der Waals surface area contributed by atoms with Crippen molar-refractivity contribution in [3.05, 3.63) is 53.6 Å². The molecule has 166 valence electrons. The fraction of sp³-hybridized carbons (Fsp3) is 0.458. The molecule has 7 heteroatoms. The third-order valence-electron chi connectivity index (χ3n) is 6.58. The number of hydrogen-bond donors (Lipinski definition) is 1. The van der Waals surface area contributed by atoms with Crippen LogP contribution >= 0.6 is 0 Å². The molecule has 0 aliphatic heterocycles. The second-order valence-electron chi connectivity index (χ2n) is 8.85. The Hall–Kier alpha value is -2.54. The van der Waals surface area contributed by atoms with Gasteiger partial charge in [-0.1, -0.05) is 30.2 Å². The number of methoxy groups -OCH3 is 1. The summed E-state index contributed by atoms with van der Waals surface area (Å²) in [5, 5.41) is 3.11. The zero-order valence-electron chi connectivity index (χ0n) is 18.3. The molecule has 2 aromatic rings. The Bertz CT molecular complexity index is 1070. The minimum atomic E-state index is -3.97. The van der Waals surface area contributed by atoms with E-state index in [2.05, 4.69) is 5.32 Å². The van der Waals surface area contributed by atoms with E-state index in [1.807, 2.05) is 19.9 Å². The molecule has 1 N–H and O–H groups in total. The van der Waals surface area contributed by atoms with E-state index in [0.29, 0.717) is 23.3 Å². The lowest BCUT2D eigenvalue weighted by atomic mass is 9.95. The minimum absolute atomic E-state index is 0.148. The Balaban J connectivity index is 1.66. The van der Waals surface area contributed by atoms with Gasteiger partial charge in [-0.15, -0.1) is 0 Å². The summed E-state index contributed by atoms with van der Waals surface area (Å²) >= 11 is 0. The molecule has 2 saturated carbocycles. The summed E-state index contributed by atoms with van der Waals surface area (Å²) in [6.45, 7) is 3.50. The van der Waals surface area contributed by atoms with Crippen molar-refractivity contribution in [3.63, 3.8) is 0 Å². The van der Waals surface area contributed by atoms with Gasteiger partial charge in [-0.3, -0.25) is 9.10 Å². The first-order chi connectivity index (χ1) is 14.8. The van der Waals surface area contributed by atoms with Crippen molar-refractivity contribution in [2.75, 3.05) is 18.0 Å². The number of carbonyl (C=O) groups excluding carboxylic acids is 1. The predicted octanol–water partition coefficient (Wildman–Crippen LogP) is 3.81. The number of nitrogens with one attached hydrogen (secondary N) is 1. The van der Waals surface area contributed by atoms with Crippen molar-refractivity contribution >= 4 is 21.6 Å². The number of rotatable bonds is 7. The topological polar surface area (TPSA) is 75.7 Å². The monoisotopic (exact) mass is 442 g/mol. The highest BCUT2D eigenvalue weighted by molar-refractivity contribution is 7.92. The van der Waals surface area contributed by atoms with Gasteiger partial charge in [0.2, 0.25) is 5.91 Å². The van der Waals surface area contributed by atoms with Gasteiger partial charge in [-0.05, 0) is 74.8 Å². The third-order valence-corrected chi connectivity index (χ3v) is 8.36. The highest BCUT2D eigenvalue weighted by Crippen LogP contribution is 2.44. The number of sulfonamides is 1. The van der Waals surface area contributed by atoms with Crippen LogP contribution in [0, 0.1) is 25.7 Å². The van der Waals surface area contributed by atoms with Crippen molar-refractivity contribution < 1.29 is 17.9 Å². The first-order valence-electron chi connectivity index (χ1n) is 10.8. The average molecular weight is 443 g/mol. The first kappa shape index (κ1) is 21.7. The lowest BCUT2D eigenvalue weighted by Crippen LogP contribution is -2.46. The Labute approximate surface area is 184 Å². The molecule has 1 amide bonds. The lowest BCUT2D eigenvalue weighted by molar-refractivity contribution is -0.120. The van der Waals surface area contributed by atoms with Crippen molar-refractivity contribution in [3.8, 4) is 5.75 Å². The Morgan fingerprint density at radius 2 is 1.77 bits per heavy atom. The van der Waals surface area contributed by atoms with Gasteiger partial charge in [0, 0.05) is 6.04 Å². The van der Waals surface area contributed by atoms with E-state index in [1.54, 1.807) is 36.4 Å². The molecule has 6 nitrogen and oxygen atoms in total. The van der Waals surface area contributed by atoms with E-state index in [1.165, 1.54) is 24.3 Å². The quantitative estimate of drug-likeness (QED) is 0.707. The van der Waals surface area contributed by atoms with Gasteiger partial charge in [0.25, 0.3) is 10.0 Å². The fourth-order valence-corrected chi connectivity index (χ4v) is 6.36. The minimum Gasteiger partial charge on any atom is -0.495 e. The number of benzene rings is 2. The summed E-state index contributed by atoms with van der Waals surface area (Å²) in [6.07, 6.45) is 4.55. The first-order valence-corrected chi connectivity index (χ1v) is 12.3. The van der Waals surface area contributed by atoms with Gasteiger partial charge in [0.1, 0.15) is 12.3 Å². The van der Waals surface area contributed by atoms with E-state index in [0.717, 1.165) is 24.0 Å². The fourth-order valence-electron chi connectivity index (χ4n) is 4.94. The van der Waals surface area contributed by atoms with Crippen molar-refractivity contribution in [1.29, 1.82) is 0 Å². The number of ether oxygens (including phenoxy) is 1. The molecule has 3 atom stereocenters. The number of hydrogen-bond acceptors (Lipinski definition) is 4. The summed E-state index contributed by atoms with van der Waals surface area (Å²) < 4.78 is 33.8. The van der Waals surface area contributed by atoms with Gasteiger partial charge < -0.3 is 10.1 Å². The molecular formula is C24H30N2O4S. The Morgan fingerprint density at radius 1 is 1.06 bits per heavy atom. The average Bonchev–Trinajstić information content (AvgIpc) is 3.35. The van der Waals surface area contributed by atoms with Crippen LogP contribution in [-0.2, 0) is 14.8 Å². The molecule has 31 heavy (non-hydrogen) atoms. The molecule has 2 fully saturated rings. The normalized spacial score (nSPS) is 22.4. The molecule has 0 radical (unpaired) electrons. The van der Waals surface area contributed by atoms with Crippen LogP contribution in [0.1, 0.15) is 36.8 Å². The van der Waals surface area contributed by atoms with Gasteiger partial charge in [-0.25, -0.2) is 8.42 Å². The van der Waals surface area contributed by atoms with Gasteiger partial charge in [0.05, 0.1) is 17.7 Å². The molecule has 0 aromatic heterocycles. The van der Waals surface area contributed by atoms with Crippen LogP contribution in [-0.4, -0.2) is 34.0 Å². The zero-order valence-corrected chi connectivity index (χ0v) is 19.1. The molecule has 0 heterocycles. The smallest absolute Gasteiger partial charge is 0.264 e. The Morgan fingerprint density at radius 3 is 2.39 bits per heavy atom. The maximum Gasteiger partial charge on any atom is 0.264 e. The molecule has 2 aliphatic rings. The standard InChI is InChI=1S/C24H30N2O4S/c1-16-4-9-20(10-5-16)31(28,29)26(22-12-17(2)6-11-23(22)30-3)15-24(27)25-21-14-18-7-8-19(21)13-18/h4-6,9-12,18-19,21H,7-8,13-15H2,1-3H3,(H,25,27)/t18-,19-,21-/m0/s1. The maximum atomic E-state index is 13.6. The second-order valence-corrected chi connectivity index (χ2v) is 10.7. The van der Waals surface area contributed by atoms with Crippen molar-refractivity contribution in [2.24, 2.45) is 11.8 Å². The zero-order chi connectivity index (χ0) is 22.2. The van der Waals surface area contributed by atoms with E-state index in [9.17, 15) is 13.2 Å². The van der Waals surface area contributed by atoms with Crippen LogP contribution in [0.15, 0.2) is 47.4 Å². The highest BCUT2D eigenvalue weighted by atomic mass is 32.2. The van der Waals surface area contributed by atoms with Crippen LogP contribution in [0.2, 0.25) is 0 Å². The van der Waals surface area contributed by atoms with E-state index < -0.39 is 10.0 Å². The molecule has 0 unspecified atom stereocenters.